The van der Waals surface area contributed by atoms with Gasteiger partial charge in [-0.3, -0.25) is 0 Å². The summed E-state index contributed by atoms with van der Waals surface area (Å²) >= 11 is 0. The molecule has 0 saturated carbocycles. The highest BCUT2D eigenvalue weighted by Gasteiger charge is 2.12. The van der Waals surface area contributed by atoms with Gasteiger partial charge in [0.05, 0.1) is 0 Å². The fourth-order valence-electron chi connectivity index (χ4n) is 2.28. The summed E-state index contributed by atoms with van der Waals surface area (Å²) in [5, 5.41) is 6.84. The van der Waals surface area contributed by atoms with Gasteiger partial charge in [0.1, 0.15) is 12.4 Å². The molecule has 2 N–H and O–H groups in total. The zero-order chi connectivity index (χ0) is 12.1. The van der Waals surface area contributed by atoms with Crippen LogP contribution in [-0.2, 0) is 0 Å². The van der Waals surface area contributed by atoms with E-state index in [9.17, 15) is 0 Å². The number of aryl methyl sites for hydroxylation is 2. The third-order valence-electron chi connectivity index (χ3n) is 3.06. The normalized spacial score (nSPS) is 19.5. The first-order valence-corrected chi connectivity index (χ1v) is 6.39. The molecule has 17 heavy (non-hydrogen) atoms. The van der Waals surface area contributed by atoms with Crippen LogP contribution >= 0.6 is 0 Å². The molecule has 3 heteroatoms. The monoisotopic (exact) mass is 234 g/mol. The maximum Gasteiger partial charge on any atom is 0.119 e. The third-order valence-corrected chi connectivity index (χ3v) is 3.06. The predicted molar refractivity (Wildman–Crippen MR) is 70.7 cm³/mol. The molecule has 0 aromatic heterocycles. The van der Waals surface area contributed by atoms with Crippen LogP contribution in [0, 0.1) is 13.8 Å². The van der Waals surface area contributed by atoms with Gasteiger partial charge < -0.3 is 15.4 Å². The summed E-state index contributed by atoms with van der Waals surface area (Å²) in [6.07, 6.45) is 1.23. The molecular formula is C14H22N2O. The maximum atomic E-state index is 5.74. The first kappa shape index (κ1) is 12.4. The third kappa shape index (κ3) is 4.02. The highest BCUT2D eigenvalue weighted by molar-refractivity contribution is 5.32. The number of hydrogen-bond acceptors (Lipinski definition) is 3. The van der Waals surface area contributed by atoms with Crippen molar-refractivity contribution in [1.82, 2.24) is 10.6 Å². The number of hydrogen-bond donors (Lipinski definition) is 2. The van der Waals surface area contributed by atoms with Crippen molar-refractivity contribution < 1.29 is 4.74 Å². The van der Waals surface area contributed by atoms with E-state index in [-0.39, 0.29) is 0 Å². The van der Waals surface area contributed by atoms with Gasteiger partial charge in [-0.05, 0) is 50.1 Å². The van der Waals surface area contributed by atoms with Crippen molar-refractivity contribution in [3.8, 4) is 5.75 Å². The molecule has 1 aromatic rings. The molecule has 1 heterocycles. The lowest BCUT2D eigenvalue weighted by Crippen LogP contribution is -2.34. The molecule has 0 bridgehead atoms. The van der Waals surface area contributed by atoms with Crippen LogP contribution in [0.2, 0.25) is 0 Å². The van der Waals surface area contributed by atoms with Gasteiger partial charge in [0.2, 0.25) is 0 Å². The van der Waals surface area contributed by atoms with Gasteiger partial charge in [0, 0.05) is 19.1 Å². The zero-order valence-corrected chi connectivity index (χ0v) is 10.8. The molecule has 1 aliphatic rings. The molecule has 0 aliphatic carbocycles. The predicted octanol–water partition coefficient (Wildman–Crippen LogP) is 1.63. The van der Waals surface area contributed by atoms with E-state index in [1.54, 1.807) is 0 Å². The van der Waals surface area contributed by atoms with Crippen LogP contribution in [0.25, 0.3) is 0 Å². The quantitative estimate of drug-likeness (QED) is 0.760. The summed E-state index contributed by atoms with van der Waals surface area (Å²) in [6, 6.07) is 6.96. The minimum Gasteiger partial charge on any atom is -0.492 e. The number of benzene rings is 1. The summed E-state index contributed by atoms with van der Waals surface area (Å²) in [4.78, 5) is 0. The lowest BCUT2D eigenvalue weighted by molar-refractivity contribution is 0.306. The SMILES string of the molecule is Cc1cc(C)cc(OCCNC2CCNC2)c1. The topological polar surface area (TPSA) is 33.3 Å². The Hall–Kier alpha value is -1.06. The summed E-state index contributed by atoms with van der Waals surface area (Å²) in [6.45, 7) is 8.07. The summed E-state index contributed by atoms with van der Waals surface area (Å²) in [5.74, 6) is 0.980. The Balaban J connectivity index is 1.70. The summed E-state index contributed by atoms with van der Waals surface area (Å²) < 4.78 is 5.74. The van der Waals surface area contributed by atoms with E-state index in [4.69, 9.17) is 4.74 Å². The zero-order valence-electron chi connectivity index (χ0n) is 10.8. The molecule has 3 nitrogen and oxygen atoms in total. The van der Waals surface area contributed by atoms with E-state index in [1.807, 2.05) is 0 Å². The second-order valence-corrected chi connectivity index (χ2v) is 4.82. The van der Waals surface area contributed by atoms with Gasteiger partial charge in [-0.1, -0.05) is 6.07 Å². The van der Waals surface area contributed by atoms with Gasteiger partial charge in [-0.2, -0.15) is 0 Å². The lowest BCUT2D eigenvalue weighted by Gasteiger charge is -2.12. The van der Waals surface area contributed by atoms with Crippen LogP contribution in [0.1, 0.15) is 17.5 Å². The number of ether oxygens (including phenoxy) is 1. The first-order valence-electron chi connectivity index (χ1n) is 6.39. The van der Waals surface area contributed by atoms with E-state index < -0.39 is 0 Å². The highest BCUT2D eigenvalue weighted by Crippen LogP contribution is 2.15. The Labute approximate surface area is 104 Å². The Bertz CT molecular complexity index is 339. The van der Waals surface area contributed by atoms with Crippen molar-refractivity contribution in [3.05, 3.63) is 29.3 Å². The van der Waals surface area contributed by atoms with Crippen molar-refractivity contribution in [1.29, 1.82) is 0 Å². The van der Waals surface area contributed by atoms with E-state index in [0.717, 1.165) is 32.0 Å². The minimum absolute atomic E-state index is 0.623. The maximum absolute atomic E-state index is 5.74. The van der Waals surface area contributed by atoms with Gasteiger partial charge in [-0.25, -0.2) is 0 Å². The average molecular weight is 234 g/mol. The number of nitrogens with one attached hydrogen (secondary N) is 2. The van der Waals surface area contributed by atoms with Crippen LogP contribution in [0.15, 0.2) is 18.2 Å². The van der Waals surface area contributed by atoms with E-state index in [0.29, 0.717) is 6.04 Å². The second kappa shape index (κ2) is 6.03. The highest BCUT2D eigenvalue weighted by atomic mass is 16.5. The van der Waals surface area contributed by atoms with Crippen molar-refractivity contribution in [3.63, 3.8) is 0 Å². The standard InChI is InChI=1S/C14H22N2O/c1-11-7-12(2)9-14(8-11)17-6-5-16-13-3-4-15-10-13/h7-9,13,15-16H,3-6,10H2,1-2H3. The Kier molecular flexibility index (Phi) is 4.40. The largest absolute Gasteiger partial charge is 0.492 e. The molecule has 0 amide bonds. The molecule has 0 spiro atoms. The molecule has 0 radical (unpaired) electrons. The smallest absolute Gasteiger partial charge is 0.119 e. The average Bonchev–Trinajstić information content (AvgIpc) is 2.76. The van der Waals surface area contributed by atoms with Crippen molar-refractivity contribution in [2.24, 2.45) is 0 Å². The fourth-order valence-corrected chi connectivity index (χ4v) is 2.28. The van der Waals surface area contributed by atoms with Crippen LogP contribution in [0.3, 0.4) is 0 Å². The molecular weight excluding hydrogens is 212 g/mol. The molecule has 1 atom stereocenters. The van der Waals surface area contributed by atoms with E-state index in [2.05, 4.69) is 42.7 Å². The second-order valence-electron chi connectivity index (χ2n) is 4.82. The first-order chi connectivity index (χ1) is 8.24. The summed E-state index contributed by atoms with van der Waals surface area (Å²) in [5.41, 5.74) is 2.51. The van der Waals surface area contributed by atoms with Crippen LogP contribution in [0.4, 0.5) is 0 Å². The van der Waals surface area contributed by atoms with Crippen molar-refractivity contribution in [2.45, 2.75) is 26.3 Å². The Morgan fingerprint density at radius 2 is 2.06 bits per heavy atom. The van der Waals surface area contributed by atoms with Gasteiger partial charge in [0.25, 0.3) is 0 Å². The number of rotatable bonds is 5. The van der Waals surface area contributed by atoms with E-state index in [1.165, 1.54) is 17.5 Å². The van der Waals surface area contributed by atoms with Crippen molar-refractivity contribution >= 4 is 0 Å². The molecule has 1 aliphatic heterocycles. The Morgan fingerprint density at radius 1 is 1.29 bits per heavy atom. The molecule has 94 valence electrons. The molecule has 2 rings (SSSR count). The van der Waals surface area contributed by atoms with Gasteiger partial charge in [0.15, 0.2) is 0 Å². The lowest BCUT2D eigenvalue weighted by atomic mass is 10.1. The van der Waals surface area contributed by atoms with E-state index >= 15 is 0 Å². The van der Waals surface area contributed by atoms with Crippen molar-refractivity contribution in [2.75, 3.05) is 26.2 Å². The molecule has 1 fully saturated rings. The molecule has 1 saturated heterocycles. The fraction of sp³-hybridized carbons (Fsp3) is 0.571. The van der Waals surface area contributed by atoms with Crippen LogP contribution < -0.4 is 15.4 Å². The van der Waals surface area contributed by atoms with Crippen LogP contribution in [0.5, 0.6) is 5.75 Å². The van der Waals surface area contributed by atoms with Gasteiger partial charge >= 0.3 is 0 Å². The molecule has 1 unspecified atom stereocenters. The van der Waals surface area contributed by atoms with Crippen LogP contribution in [-0.4, -0.2) is 32.3 Å². The molecule has 1 aromatic carbocycles. The minimum atomic E-state index is 0.623. The van der Waals surface area contributed by atoms with Gasteiger partial charge in [-0.15, -0.1) is 0 Å². The summed E-state index contributed by atoms with van der Waals surface area (Å²) in [7, 11) is 0. The Morgan fingerprint density at radius 3 is 2.71 bits per heavy atom.